The van der Waals surface area contributed by atoms with E-state index < -0.39 is 0 Å². The van der Waals surface area contributed by atoms with Crippen LogP contribution in [0.2, 0.25) is 0 Å². The van der Waals surface area contributed by atoms with Crippen LogP contribution >= 0.6 is 15.9 Å². The second-order valence-electron chi connectivity index (χ2n) is 5.49. The molecule has 0 aliphatic carbocycles. The lowest BCUT2D eigenvalue weighted by atomic mass is 10.0. The van der Waals surface area contributed by atoms with Crippen LogP contribution in [-0.2, 0) is 0 Å². The van der Waals surface area contributed by atoms with Crippen LogP contribution in [-0.4, -0.2) is 5.91 Å². The van der Waals surface area contributed by atoms with E-state index in [9.17, 15) is 4.79 Å². The zero-order valence-electron chi connectivity index (χ0n) is 12.4. The lowest BCUT2D eigenvalue weighted by Gasteiger charge is -2.12. The van der Waals surface area contributed by atoms with E-state index in [-0.39, 0.29) is 5.91 Å². The first kappa shape index (κ1) is 14.9. The highest BCUT2D eigenvalue weighted by Gasteiger charge is 2.15. The number of hydrogen-bond acceptors (Lipinski definition) is 2. The smallest absolute Gasteiger partial charge is 0.291 e. The summed E-state index contributed by atoms with van der Waals surface area (Å²) in [6.07, 6.45) is 0. The minimum absolute atomic E-state index is 0.236. The topological polar surface area (TPSA) is 42.2 Å². The molecule has 3 nitrogen and oxygen atoms in total. The summed E-state index contributed by atoms with van der Waals surface area (Å²) in [4.78, 5) is 12.4. The van der Waals surface area contributed by atoms with Gasteiger partial charge in [0.1, 0.15) is 5.58 Å². The van der Waals surface area contributed by atoms with Crippen molar-refractivity contribution >= 4 is 38.5 Å². The van der Waals surface area contributed by atoms with Gasteiger partial charge in [0.25, 0.3) is 5.91 Å². The second-order valence-corrected chi connectivity index (χ2v) is 6.40. The van der Waals surface area contributed by atoms with E-state index >= 15 is 0 Å². The minimum atomic E-state index is -0.236. The fourth-order valence-corrected chi connectivity index (χ4v) is 2.76. The van der Waals surface area contributed by atoms with Crippen LogP contribution in [0.25, 0.3) is 11.0 Å². The van der Waals surface area contributed by atoms with Crippen LogP contribution in [0.4, 0.5) is 5.69 Å². The SMILES string of the molecule is CC(C)c1ccccc1NC(=O)c1cc2ccc(Br)cc2o1. The first-order valence-corrected chi connectivity index (χ1v) is 7.93. The average molecular weight is 358 g/mol. The van der Waals surface area contributed by atoms with Crippen molar-refractivity contribution < 1.29 is 9.21 Å². The predicted octanol–water partition coefficient (Wildman–Crippen LogP) is 5.57. The minimum Gasteiger partial charge on any atom is -0.451 e. The molecule has 1 aromatic heterocycles. The van der Waals surface area contributed by atoms with Gasteiger partial charge in [0, 0.05) is 15.5 Å². The molecule has 0 aliphatic heterocycles. The fourth-order valence-electron chi connectivity index (χ4n) is 2.42. The van der Waals surface area contributed by atoms with Crippen LogP contribution < -0.4 is 5.32 Å². The van der Waals surface area contributed by atoms with Crippen LogP contribution in [0.1, 0.15) is 35.9 Å². The molecule has 1 amide bonds. The molecule has 3 aromatic rings. The maximum atomic E-state index is 12.4. The Kier molecular flexibility index (Phi) is 4.03. The molecule has 0 spiro atoms. The first-order valence-electron chi connectivity index (χ1n) is 7.14. The number of para-hydroxylation sites is 1. The summed E-state index contributed by atoms with van der Waals surface area (Å²) in [5, 5.41) is 3.85. The highest BCUT2D eigenvalue weighted by atomic mass is 79.9. The molecule has 0 bridgehead atoms. The van der Waals surface area contributed by atoms with Crippen molar-refractivity contribution in [1.82, 2.24) is 0 Å². The van der Waals surface area contributed by atoms with Gasteiger partial charge in [-0.15, -0.1) is 0 Å². The zero-order valence-corrected chi connectivity index (χ0v) is 14.0. The van der Waals surface area contributed by atoms with Crippen LogP contribution in [0.15, 0.2) is 57.4 Å². The van der Waals surface area contributed by atoms with Gasteiger partial charge in [-0.2, -0.15) is 0 Å². The Hall–Kier alpha value is -2.07. The zero-order chi connectivity index (χ0) is 15.7. The molecule has 1 heterocycles. The molecule has 0 fully saturated rings. The molecule has 3 rings (SSSR count). The van der Waals surface area contributed by atoms with Crippen LogP contribution in [0.3, 0.4) is 0 Å². The molecule has 0 saturated carbocycles. The third kappa shape index (κ3) is 2.92. The average Bonchev–Trinajstić information content (AvgIpc) is 2.90. The summed E-state index contributed by atoms with van der Waals surface area (Å²) >= 11 is 3.40. The molecule has 4 heteroatoms. The molecule has 2 aromatic carbocycles. The number of fused-ring (bicyclic) bond motifs is 1. The number of carbonyl (C=O) groups excluding carboxylic acids is 1. The number of rotatable bonds is 3. The number of benzene rings is 2. The summed E-state index contributed by atoms with van der Waals surface area (Å²) in [6.45, 7) is 4.20. The molecule has 1 N–H and O–H groups in total. The van der Waals surface area contributed by atoms with Gasteiger partial charge in [-0.3, -0.25) is 4.79 Å². The van der Waals surface area contributed by atoms with Crippen molar-refractivity contribution in [2.45, 2.75) is 19.8 Å². The monoisotopic (exact) mass is 357 g/mol. The maximum Gasteiger partial charge on any atom is 0.291 e. The first-order chi connectivity index (χ1) is 10.5. The van der Waals surface area contributed by atoms with Gasteiger partial charge in [-0.25, -0.2) is 0 Å². The Labute approximate surface area is 137 Å². The number of anilines is 1. The van der Waals surface area contributed by atoms with E-state index in [1.54, 1.807) is 6.07 Å². The summed E-state index contributed by atoms with van der Waals surface area (Å²) in [5.74, 6) is 0.412. The molecule has 0 unspecified atom stereocenters. The third-order valence-corrected chi connectivity index (χ3v) is 4.03. The Morgan fingerprint density at radius 2 is 1.91 bits per heavy atom. The van der Waals surface area contributed by atoms with Crippen molar-refractivity contribution in [3.8, 4) is 0 Å². The van der Waals surface area contributed by atoms with Gasteiger partial charge in [0.05, 0.1) is 0 Å². The van der Waals surface area contributed by atoms with E-state index in [0.29, 0.717) is 17.3 Å². The summed E-state index contributed by atoms with van der Waals surface area (Å²) in [6, 6.07) is 15.3. The van der Waals surface area contributed by atoms with Gasteiger partial charge in [-0.1, -0.05) is 48.0 Å². The molecule has 0 aliphatic rings. The quantitative estimate of drug-likeness (QED) is 0.665. The number of amides is 1. The molecule has 0 radical (unpaired) electrons. The van der Waals surface area contributed by atoms with E-state index in [4.69, 9.17) is 4.42 Å². The van der Waals surface area contributed by atoms with E-state index in [1.807, 2.05) is 42.5 Å². The van der Waals surface area contributed by atoms with Crippen molar-refractivity contribution in [2.75, 3.05) is 5.32 Å². The van der Waals surface area contributed by atoms with Crippen molar-refractivity contribution in [3.05, 3.63) is 64.3 Å². The van der Waals surface area contributed by atoms with E-state index in [2.05, 4.69) is 35.1 Å². The highest BCUT2D eigenvalue weighted by Crippen LogP contribution is 2.26. The Morgan fingerprint density at radius 1 is 1.14 bits per heavy atom. The summed E-state index contributed by atoms with van der Waals surface area (Å²) < 4.78 is 6.56. The highest BCUT2D eigenvalue weighted by molar-refractivity contribution is 9.10. The number of carbonyl (C=O) groups is 1. The summed E-state index contributed by atoms with van der Waals surface area (Å²) in [5.41, 5.74) is 2.62. The lowest BCUT2D eigenvalue weighted by molar-refractivity contribution is 0.0998. The Balaban J connectivity index is 1.90. The van der Waals surface area contributed by atoms with E-state index in [0.717, 1.165) is 21.1 Å². The maximum absolute atomic E-state index is 12.4. The van der Waals surface area contributed by atoms with Crippen molar-refractivity contribution in [3.63, 3.8) is 0 Å². The molecule has 22 heavy (non-hydrogen) atoms. The van der Waals surface area contributed by atoms with Gasteiger partial charge in [-0.05, 0) is 41.8 Å². The predicted molar refractivity (Wildman–Crippen MR) is 92.4 cm³/mol. The van der Waals surface area contributed by atoms with Crippen LogP contribution in [0.5, 0.6) is 0 Å². The Morgan fingerprint density at radius 3 is 2.68 bits per heavy atom. The molecule has 0 atom stereocenters. The van der Waals surface area contributed by atoms with Crippen molar-refractivity contribution in [2.24, 2.45) is 0 Å². The molecule has 112 valence electrons. The normalized spacial score (nSPS) is 11.1. The number of nitrogens with one attached hydrogen (secondary N) is 1. The molecule has 0 saturated heterocycles. The fraction of sp³-hybridized carbons (Fsp3) is 0.167. The second kappa shape index (κ2) is 5.97. The van der Waals surface area contributed by atoms with Crippen molar-refractivity contribution in [1.29, 1.82) is 0 Å². The van der Waals surface area contributed by atoms with Gasteiger partial charge in [0.15, 0.2) is 5.76 Å². The number of hydrogen-bond donors (Lipinski definition) is 1. The largest absolute Gasteiger partial charge is 0.451 e. The summed E-state index contributed by atoms with van der Waals surface area (Å²) in [7, 11) is 0. The molecular weight excluding hydrogens is 342 g/mol. The lowest BCUT2D eigenvalue weighted by Crippen LogP contribution is -2.12. The van der Waals surface area contributed by atoms with Gasteiger partial charge in [0.2, 0.25) is 0 Å². The Bertz CT molecular complexity index is 836. The number of furan rings is 1. The third-order valence-electron chi connectivity index (χ3n) is 3.54. The standard InChI is InChI=1S/C18H16BrNO2/c1-11(2)14-5-3-4-6-15(14)20-18(21)17-9-12-7-8-13(19)10-16(12)22-17/h3-11H,1-2H3,(H,20,21). The number of halogens is 1. The van der Waals surface area contributed by atoms with Gasteiger partial charge < -0.3 is 9.73 Å². The van der Waals surface area contributed by atoms with Crippen LogP contribution in [0, 0.1) is 0 Å². The van der Waals surface area contributed by atoms with E-state index in [1.165, 1.54) is 0 Å². The molecular formula is C18H16BrNO2. The van der Waals surface area contributed by atoms with Gasteiger partial charge >= 0.3 is 0 Å².